The van der Waals surface area contributed by atoms with Gasteiger partial charge < -0.3 is 0 Å². The smallest absolute Gasteiger partial charge is 0.123 e. The molecule has 1 aromatic carbocycles. The molecule has 0 saturated carbocycles. The van der Waals surface area contributed by atoms with Gasteiger partial charge in [-0.1, -0.05) is 12.1 Å². The van der Waals surface area contributed by atoms with E-state index in [1.54, 1.807) is 6.07 Å². The minimum atomic E-state index is -0.223. The normalized spacial score (nSPS) is 18.9. The predicted molar refractivity (Wildman–Crippen MR) is 76.5 cm³/mol. The van der Waals surface area contributed by atoms with Crippen LogP contribution in [0.15, 0.2) is 36.5 Å². The molecule has 2 aromatic rings. The van der Waals surface area contributed by atoms with Crippen molar-refractivity contribution in [3.05, 3.63) is 64.7 Å². The Hall–Kier alpha value is -1.78. The van der Waals surface area contributed by atoms with E-state index in [-0.39, 0.29) is 17.8 Å². The van der Waals surface area contributed by atoms with E-state index in [0.29, 0.717) is 0 Å². The first-order chi connectivity index (χ1) is 9.69. The van der Waals surface area contributed by atoms with Crippen LogP contribution in [0.4, 0.5) is 4.39 Å². The molecule has 4 heteroatoms. The number of aromatic nitrogens is 1. The minimum absolute atomic E-state index is 0.111. The number of pyridine rings is 1. The summed E-state index contributed by atoms with van der Waals surface area (Å²) in [6.45, 7) is 1.89. The fourth-order valence-electron chi connectivity index (χ4n) is 3.16. The highest BCUT2D eigenvalue weighted by Gasteiger charge is 2.31. The summed E-state index contributed by atoms with van der Waals surface area (Å²) in [6.07, 6.45) is 3.79. The van der Waals surface area contributed by atoms with Crippen LogP contribution in [0.25, 0.3) is 0 Å². The zero-order chi connectivity index (χ0) is 14.1. The van der Waals surface area contributed by atoms with E-state index < -0.39 is 0 Å². The van der Waals surface area contributed by atoms with Gasteiger partial charge in [0.2, 0.25) is 0 Å². The lowest BCUT2D eigenvalue weighted by Crippen LogP contribution is -2.32. The molecule has 1 aromatic heterocycles. The summed E-state index contributed by atoms with van der Waals surface area (Å²) in [7, 11) is 0. The van der Waals surface area contributed by atoms with Crippen molar-refractivity contribution in [1.82, 2.24) is 10.4 Å². The lowest BCUT2D eigenvalue weighted by molar-refractivity contribution is 0.444. The van der Waals surface area contributed by atoms with E-state index in [1.165, 1.54) is 11.6 Å². The number of aryl methyl sites for hydroxylation is 2. The highest BCUT2D eigenvalue weighted by atomic mass is 19.1. The molecular weight excluding hydrogens is 253 g/mol. The third kappa shape index (κ3) is 2.32. The predicted octanol–water partition coefficient (Wildman–Crippen LogP) is 2.76. The van der Waals surface area contributed by atoms with Gasteiger partial charge in [0.25, 0.3) is 0 Å². The molecule has 1 aliphatic rings. The van der Waals surface area contributed by atoms with Gasteiger partial charge >= 0.3 is 0 Å². The molecule has 2 atom stereocenters. The lowest BCUT2D eigenvalue weighted by Gasteiger charge is -2.24. The first kappa shape index (κ1) is 13.2. The standard InChI is InChI=1S/C16H18FN3/c1-10-7-12(9-13(17)8-10)16(20-18)14-5-4-11-3-2-6-19-15(11)14/h2-3,6-9,14,16,20H,4-5,18H2,1H3. The maximum Gasteiger partial charge on any atom is 0.123 e. The molecule has 0 saturated heterocycles. The van der Waals surface area contributed by atoms with E-state index in [9.17, 15) is 4.39 Å². The van der Waals surface area contributed by atoms with Crippen LogP contribution in [0.5, 0.6) is 0 Å². The molecule has 104 valence electrons. The first-order valence-corrected chi connectivity index (χ1v) is 6.86. The van der Waals surface area contributed by atoms with Crippen LogP contribution in [0.2, 0.25) is 0 Å². The van der Waals surface area contributed by atoms with Crippen molar-refractivity contribution in [2.45, 2.75) is 31.7 Å². The van der Waals surface area contributed by atoms with Crippen molar-refractivity contribution < 1.29 is 4.39 Å². The Labute approximate surface area is 118 Å². The van der Waals surface area contributed by atoms with Crippen molar-refractivity contribution in [3.63, 3.8) is 0 Å². The molecule has 0 spiro atoms. The zero-order valence-electron chi connectivity index (χ0n) is 11.4. The van der Waals surface area contributed by atoms with Crippen LogP contribution in [0.1, 0.15) is 40.8 Å². The van der Waals surface area contributed by atoms with Crippen molar-refractivity contribution in [2.24, 2.45) is 5.84 Å². The molecule has 1 heterocycles. The van der Waals surface area contributed by atoms with Gasteiger partial charge in [-0.25, -0.2) is 4.39 Å². The molecule has 0 radical (unpaired) electrons. The minimum Gasteiger partial charge on any atom is -0.271 e. The summed E-state index contributed by atoms with van der Waals surface area (Å²) in [5.41, 5.74) is 6.98. The number of nitrogens with one attached hydrogen (secondary N) is 1. The molecule has 0 amide bonds. The zero-order valence-corrected chi connectivity index (χ0v) is 11.4. The van der Waals surface area contributed by atoms with Crippen molar-refractivity contribution >= 4 is 0 Å². The Bertz CT molecular complexity index is 607. The Morgan fingerprint density at radius 1 is 1.40 bits per heavy atom. The summed E-state index contributed by atoms with van der Waals surface area (Å²) in [5.74, 6) is 5.71. The summed E-state index contributed by atoms with van der Waals surface area (Å²) in [6, 6.07) is 9.01. The van der Waals surface area contributed by atoms with Gasteiger partial charge in [-0.05, 0) is 54.7 Å². The second-order valence-corrected chi connectivity index (χ2v) is 5.40. The Morgan fingerprint density at radius 2 is 2.25 bits per heavy atom. The van der Waals surface area contributed by atoms with Crippen LogP contribution >= 0.6 is 0 Å². The molecule has 0 bridgehead atoms. The quantitative estimate of drug-likeness (QED) is 0.666. The van der Waals surface area contributed by atoms with Crippen molar-refractivity contribution in [2.75, 3.05) is 0 Å². The summed E-state index contributed by atoms with van der Waals surface area (Å²) in [5, 5.41) is 0. The third-order valence-corrected chi connectivity index (χ3v) is 4.01. The van der Waals surface area contributed by atoms with E-state index >= 15 is 0 Å². The van der Waals surface area contributed by atoms with Crippen molar-refractivity contribution in [3.8, 4) is 0 Å². The van der Waals surface area contributed by atoms with Crippen LogP contribution in [0, 0.1) is 12.7 Å². The average molecular weight is 271 g/mol. The van der Waals surface area contributed by atoms with E-state index in [0.717, 1.165) is 29.7 Å². The van der Waals surface area contributed by atoms with Gasteiger partial charge in [-0.15, -0.1) is 0 Å². The Balaban J connectivity index is 1.99. The SMILES string of the molecule is Cc1cc(F)cc(C(NN)C2CCc3cccnc32)c1. The fourth-order valence-corrected chi connectivity index (χ4v) is 3.16. The number of nitrogens with two attached hydrogens (primary N) is 1. The van der Waals surface area contributed by atoms with E-state index in [4.69, 9.17) is 5.84 Å². The van der Waals surface area contributed by atoms with Gasteiger partial charge in [-0.2, -0.15) is 0 Å². The first-order valence-electron chi connectivity index (χ1n) is 6.86. The van der Waals surface area contributed by atoms with E-state index in [1.807, 2.05) is 25.3 Å². The molecule has 3 N–H and O–H groups in total. The number of nitrogens with zero attached hydrogens (tertiary/aromatic N) is 1. The number of benzene rings is 1. The molecule has 3 rings (SSSR count). The maximum atomic E-state index is 13.6. The average Bonchev–Trinajstić information content (AvgIpc) is 2.83. The summed E-state index contributed by atoms with van der Waals surface area (Å²) >= 11 is 0. The molecule has 3 nitrogen and oxygen atoms in total. The number of hydrazine groups is 1. The van der Waals surface area contributed by atoms with Crippen LogP contribution in [-0.2, 0) is 6.42 Å². The van der Waals surface area contributed by atoms with Crippen molar-refractivity contribution in [1.29, 1.82) is 0 Å². The second-order valence-electron chi connectivity index (χ2n) is 5.40. The third-order valence-electron chi connectivity index (χ3n) is 4.01. The summed E-state index contributed by atoms with van der Waals surface area (Å²) < 4.78 is 13.6. The fraction of sp³-hybridized carbons (Fsp3) is 0.312. The van der Waals surface area contributed by atoms with Gasteiger partial charge in [-0.3, -0.25) is 16.3 Å². The van der Waals surface area contributed by atoms with Crippen LogP contribution in [-0.4, -0.2) is 4.98 Å². The molecule has 2 unspecified atom stereocenters. The molecule has 0 aliphatic heterocycles. The molecule has 0 fully saturated rings. The lowest BCUT2D eigenvalue weighted by atomic mass is 9.90. The second kappa shape index (κ2) is 5.31. The Kier molecular flexibility index (Phi) is 3.51. The van der Waals surface area contributed by atoms with Gasteiger partial charge in [0.1, 0.15) is 5.82 Å². The van der Waals surface area contributed by atoms with Gasteiger partial charge in [0.15, 0.2) is 0 Å². The van der Waals surface area contributed by atoms with E-state index in [2.05, 4.69) is 16.5 Å². The molecular formula is C16H18FN3. The van der Waals surface area contributed by atoms with Crippen LogP contribution < -0.4 is 11.3 Å². The number of halogens is 1. The number of hydrogen-bond acceptors (Lipinski definition) is 3. The van der Waals surface area contributed by atoms with Crippen LogP contribution in [0.3, 0.4) is 0 Å². The number of fused-ring (bicyclic) bond motifs is 1. The maximum absolute atomic E-state index is 13.6. The topological polar surface area (TPSA) is 50.9 Å². The summed E-state index contributed by atoms with van der Waals surface area (Å²) in [4.78, 5) is 4.49. The van der Waals surface area contributed by atoms with Gasteiger partial charge in [0, 0.05) is 17.8 Å². The Morgan fingerprint density at radius 3 is 3.00 bits per heavy atom. The molecule has 1 aliphatic carbocycles. The number of rotatable bonds is 3. The highest BCUT2D eigenvalue weighted by molar-refractivity contribution is 5.35. The monoisotopic (exact) mass is 271 g/mol. The number of hydrogen-bond donors (Lipinski definition) is 2. The van der Waals surface area contributed by atoms with Gasteiger partial charge in [0.05, 0.1) is 6.04 Å². The largest absolute Gasteiger partial charge is 0.271 e. The molecule has 20 heavy (non-hydrogen) atoms. The highest BCUT2D eigenvalue weighted by Crippen LogP contribution is 2.40.